The Balaban J connectivity index is 1.34. The van der Waals surface area contributed by atoms with Crippen molar-refractivity contribution in [1.29, 1.82) is 0 Å². The molecule has 150 valence electrons. The Hall–Kier alpha value is -2.46. The van der Waals surface area contributed by atoms with Gasteiger partial charge in [0, 0.05) is 13.2 Å². The summed E-state index contributed by atoms with van der Waals surface area (Å²) >= 11 is 1.25. The number of thioether (sulfide) groups is 1. The highest BCUT2D eigenvalue weighted by Crippen LogP contribution is 2.32. The summed E-state index contributed by atoms with van der Waals surface area (Å²) in [4.78, 5) is 24.5. The summed E-state index contributed by atoms with van der Waals surface area (Å²) in [7, 11) is 0. The van der Waals surface area contributed by atoms with Crippen LogP contribution < -0.4 is 20.5 Å². The first kappa shape index (κ1) is 18.9. The van der Waals surface area contributed by atoms with Gasteiger partial charge in [-0.1, -0.05) is 17.8 Å². The number of hydrogen-bond acceptors (Lipinski definition) is 7. The van der Waals surface area contributed by atoms with Crippen LogP contribution in [0.25, 0.3) is 0 Å². The molecule has 1 amide bonds. The lowest BCUT2D eigenvalue weighted by atomic mass is 10.2. The molecule has 0 radical (unpaired) electrons. The smallest absolute Gasteiger partial charge is 0.344 e. The predicted molar refractivity (Wildman–Crippen MR) is 102 cm³/mol. The van der Waals surface area contributed by atoms with Crippen LogP contribution in [0.15, 0.2) is 28.2 Å². The Morgan fingerprint density at radius 2 is 2.29 bits per heavy atom. The van der Waals surface area contributed by atoms with Gasteiger partial charge in [-0.15, -0.1) is 5.10 Å². The summed E-state index contributed by atoms with van der Waals surface area (Å²) in [6, 6.07) is 5.57. The van der Waals surface area contributed by atoms with Crippen LogP contribution in [0.1, 0.15) is 25.3 Å². The molecule has 3 heterocycles. The van der Waals surface area contributed by atoms with E-state index in [1.165, 1.54) is 11.8 Å². The van der Waals surface area contributed by atoms with Crippen molar-refractivity contribution >= 4 is 17.7 Å². The van der Waals surface area contributed by atoms with Gasteiger partial charge in [0.05, 0.1) is 17.9 Å². The molecule has 10 heteroatoms. The Labute approximate surface area is 165 Å². The number of benzene rings is 1. The van der Waals surface area contributed by atoms with Crippen molar-refractivity contribution in [2.75, 3.05) is 13.4 Å². The van der Waals surface area contributed by atoms with Gasteiger partial charge in [0.1, 0.15) is 0 Å². The van der Waals surface area contributed by atoms with E-state index >= 15 is 0 Å². The average Bonchev–Trinajstić information content (AvgIpc) is 3.43. The van der Waals surface area contributed by atoms with Crippen LogP contribution in [0.5, 0.6) is 11.5 Å². The molecule has 2 aliphatic heterocycles. The molecule has 2 aromatic rings. The monoisotopic (exact) mass is 406 g/mol. The quantitative estimate of drug-likeness (QED) is 0.667. The molecule has 1 aromatic heterocycles. The van der Waals surface area contributed by atoms with Crippen LogP contribution in [0.2, 0.25) is 0 Å². The molecule has 0 spiro atoms. The maximum Gasteiger partial charge on any atom is 0.344 e. The van der Waals surface area contributed by atoms with E-state index in [4.69, 9.17) is 14.2 Å². The molecule has 1 saturated heterocycles. The maximum atomic E-state index is 12.5. The number of nitrogens with zero attached hydrogens (tertiary/aromatic N) is 2. The molecule has 1 fully saturated rings. The van der Waals surface area contributed by atoms with E-state index < -0.39 is 5.25 Å². The van der Waals surface area contributed by atoms with Gasteiger partial charge in [0.2, 0.25) is 12.7 Å². The summed E-state index contributed by atoms with van der Waals surface area (Å²) in [6.07, 6.45) is 1.94. The molecular formula is C18H22N4O5S. The number of aromatic amines is 1. The zero-order chi connectivity index (χ0) is 19.5. The van der Waals surface area contributed by atoms with Gasteiger partial charge in [-0.3, -0.25) is 9.36 Å². The second kappa shape index (κ2) is 8.27. The van der Waals surface area contributed by atoms with Crippen LogP contribution in [0.3, 0.4) is 0 Å². The molecule has 0 bridgehead atoms. The van der Waals surface area contributed by atoms with Crippen molar-refractivity contribution in [3.8, 4) is 11.5 Å². The Morgan fingerprint density at radius 3 is 3.11 bits per heavy atom. The zero-order valence-electron chi connectivity index (χ0n) is 15.5. The van der Waals surface area contributed by atoms with Crippen molar-refractivity contribution in [1.82, 2.24) is 20.1 Å². The van der Waals surface area contributed by atoms with Gasteiger partial charge in [-0.05, 0) is 37.5 Å². The number of aromatic nitrogens is 3. The summed E-state index contributed by atoms with van der Waals surface area (Å²) in [6.45, 7) is 3.55. The largest absolute Gasteiger partial charge is 0.454 e. The number of fused-ring (bicyclic) bond motifs is 1. The van der Waals surface area contributed by atoms with E-state index in [0.29, 0.717) is 29.7 Å². The van der Waals surface area contributed by atoms with Crippen LogP contribution in [0.4, 0.5) is 0 Å². The molecule has 2 atom stereocenters. The zero-order valence-corrected chi connectivity index (χ0v) is 16.3. The standard InChI is InChI=1S/C18H22N4O5S/c1-11(16(23)19-8-12-4-5-14-15(7-12)27-10-26-14)28-18-21-20-17(24)22(18)9-13-3-2-6-25-13/h4-5,7,11,13H,2-3,6,8-10H2,1H3,(H,19,23)(H,20,24)/t11-,13+/m0/s1. The minimum Gasteiger partial charge on any atom is -0.454 e. The Kier molecular flexibility index (Phi) is 5.58. The SMILES string of the molecule is C[C@H](Sc1n[nH]c(=O)n1C[C@H]1CCCO1)C(=O)NCc1ccc2c(c1)OCO2. The number of hydrogen-bond donors (Lipinski definition) is 2. The highest BCUT2D eigenvalue weighted by molar-refractivity contribution is 8.00. The van der Waals surface area contributed by atoms with Gasteiger partial charge in [0.15, 0.2) is 16.7 Å². The Bertz CT molecular complexity index is 906. The molecule has 0 aliphatic carbocycles. The number of rotatable bonds is 7. The lowest BCUT2D eigenvalue weighted by Crippen LogP contribution is -2.31. The van der Waals surface area contributed by atoms with Crippen molar-refractivity contribution in [2.45, 2.75) is 49.4 Å². The fraction of sp³-hybridized carbons (Fsp3) is 0.500. The second-order valence-electron chi connectivity index (χ2n) is 6.72. The fourth-order valence-electron chi connectivity index (χ4n) is 3.14. The molecular weight excluding hydrogens is 384 g/mol. The Morgan fingerprint density at radius 1 is 1.43 bits per heavy atom. The van der Waals surface area contributed by atoms with E-state index in [1.807, 2.05) is 18.2 Å². The lowest BCUT2D eigenvalue weighted by molar-refractivity contribution is -0.120. The third-order valence-electron chi connectivity index (χ3n) is 4.69. The molecule has 0 saturated carbocycles. The van der Waals surface area contributed by atoms with Crippen molar-refractivity contribution in [3.63, 3.8) is 0 Å². The van der Waals surface area contributed by atoms with Crippen LogP contribution in [0, 0.1) is 0 Å². The van der Waals surface area contributed by atoms with Gasteiger partial charge in [-0.2, -0.15) is 0 Å². The highest BCUT2D eigenvalue weighted by Gasteiger charge is 2.23. The number of ether oxygens (including phenoxy) is 3. The first-order valence-corrected chi connectivity index (χ1v) is 10.1. The molecule has 2 N–H and O–H groups in total. The van der Waals surface area contributed by atoms with Gasteiger partial charge < -0.3 is 19.5 Å². The van der Waals surface area contributed by atoms with Crippen LogP contribution >= 0.6 is 11.8 Å². The van der Waals surface area contributed by atoms with Crippen molar-refractivity contribution in [3.05, 3.63) is 34.2 Å². The minimum atomic E-state index is -0.410. The lowest BCUT2D eigenvalue weighted by Gasteiger charge is -2.14. The highest BCUT2D eigenvalue weighted by atomic mass is 32.2. The topological polar surface area (TPSA) is 107 Å². The van der Waals surface area contributed by atoms with Crippen molar-refractivity contribution < 1.29 is 19.0 Å². The summed E-state index contributed by atoms with van der Waals surface area (Å²) < 4.78 is 17.8. The van der Waals surface area contributed by atoms with Gasteiger partial charge in [0.25, 0.3) is 0 Å². The van der Waals surface area contributed by atoms with E-state index in [2.05, 4.69) is 15.5 Å². The van der Waals surface area contributed by atoms with Crippen molar-refractivity contribution in [2.24, 2.45) is 0 Å². The number of carbonyl (C=O) groups excluding carboxylic acids is 1. The molecule has 9 nitrogen and oxygen atoms in total. The molecule has 1 aromatic carbocycles. The number of H-pyrrole nitrogens is 1. The second-order valence-corrected chi connectivity index (χ2v) is 8.03. The predicted octanol–water partition coefficient (Wildman–Crippen LogP) is 1.28. The first-order chi connectivity index (χ1) is 13.6. The minimum absolute atomic E-state index is 0.0183. The third kappa shape index (κ3) is 4.17. The summed E-state index contributed by atoms with van der Waals surface area (Å²) in [5.74, 6) is 1.26. The molecule has 2 aliphatic rings. The van der Waals surface area contributed by atoms with E-state index in [1.54, 1.807) is 11.5 Å². The van der Waals surface area contributed by atoms with Gasteiger partial charge >= 0.3 is 5.69 Å². The van der Waals surface area contributed by atoms with E-state index in [-0.39, 0.29) is 24.5 Å². The average molecular weight is 406 g/mol. The fourth-order valence-corrected chi connectivity index (χ4v) is 4.03. The van der Waals surface area contributed by atoms with Crippen LogP contribution in [-0.2, 0) is 22.6 Å². The van der Waals surface area contributed by atoms with E-state index in [0.717, 1.165) is 25.0 Å². The molecule has 28 heavy (non-hydrogen) atoms. The number of nitrogens with one attached hydrogen (secondary N) is 2. The maximum absolute atomic E-state index is 12.5. The van der Waals surface area contributed by atoms with Gasteiger partial charge in [-0.25, -0.2) is 9.89 Å². The molecule has 0 unspecified atom stereocenters. The van der Waals surface area contributed by atoms with E-state index in [9.17, 15) is 9.59 Å². The van der Waals surface area contributed by atoms with Crippen LogP contribution in [-0.4, -0.2) is 45.4 Å². The normalized spacial score (nSPS) is 19.0. The first-order valence-electron chi connectivity index (χ1n) is 9.20. The summed E-state index contributed by atoms with van der Waals surface area (Å²) in [5.41, 5.74) is 0.635. The molecule has 4 rings (SSSR count). The number of carbonyl (C=O) groups is 1. The summed E-state index contributed by atoms with van der Waals surface area (Å²) in [5, 5.41) is 9.51. The third-order valence-corrected chi connectivity index (χ3v) is 5.78. The number of amides is 1.